The summed E-state index contributed by atoms with van der Waals surface area (Å²) in [6, 6.07) is 7.38. The summed E-state index contributed by atoms with van der Waals surface area (Å²) in [6.07, 6.45) is 8.07. The SMILES string of the molecule is CC(C)(C)CC(C)(C)N1CC=C[C@]23O[C@H]4C=CCCOC(=O)[C@H]4[C@H]2C(=O)N([C@H](CO)c2ccccc2)C3C1=O. The van der Waals surface area contributed by atoms with Gasteiger partial charge in [-0.1, -0.05) is 75.4 Å². The van der Waals surface area contributed by atoms with Crippen molar-refractivity contribution < 1.29 is 29.0 Å². The van der Waals surface area contributed by atoms with Crippen molar-refractivity contribution in [3.05, 3.63) is 60.2 Å². The van der Waals surface area contributed by atoms with E-state index in [1.165, 1.54) is 4.90 Å². The lowest BCUT2D eigenvalue weighted by Gasteiger charge is -2.45. The topological polar surface area (TPSA) is 96.4 Å². The van der Waals surface area contributed by atoms with Gasteiger partial charge < -0.3 is 24.4 Å². The first-order chi connectivity index (χ1) is 18.4. The summed E-state index contributed by atoms with van der Waals surface area (Å²) in [4.78, 5) is 45.8. The van der Waals surface area contributed by atoms with E-state index < -0.39 is 47.1 Å². The zero-order valence-electron chi connectivity index (χ0n) is 23.5. The molecule has 1 aromatic carbocycles. The van der Waals surface area contributed by atoms with Crippen LogP contribution in [0.15, 0.2) is 54.6 Å². The van der Waals surface area contributed by atoms with Crippen LogP contribution in [0.5, 0.6) is 0 Å². The number of aliphatic hydroxyl groups excluding tert-OH is 1. The van der Waals surface area contributed by atoms with Crippen molar-refractivity contribution in [2.75, 3.05) is 19.8 Å². The molecule has 2 fully saturated rings. The molecule has 1 N–H and O–H groups in total. The predicted molar refractivity (Wildman–Crippen MR) is 145 cm³/mol. The Morgan fingerprint density at radius 2 is 1.77 bits per heavy atom. The van der Waals surface area contributed by atoms with E-state index in [1.54, 1.807) is 0 Å². The van der Waals surface area contributed by atoms with Crippen LogP contribution in [-0.2, 0) is 23.9 Å². The van der Waals surface area contributed by atoms with Crippen molar-refractivity contribution in [3.8, 4) is 0 Å². The molecule has 0 radical (unpaired) electrons. The standard InChI is InChI=1S/C31H40N2O6/c1-29(2,3)19-30(4,5)32-16-11-15-31-24(23-22(39-31)14-9-10-17-38-28(23)37)26(35)33(25(31)27(32)36)21(18-34)20-12-7-6-8-13-20/h6-9,11-15,21-25,34H,10,16-19H2,1-5H3/t21-,22+,23-,24+,25?,31+/m1/s1. The number of esters is 1. The van der Waals surface area contributed by atoms with Gasteiger partial charge in [0, 0.05) is 12.1 Å². The van der Waals surface area contributed by atoms with Gasteiger partial charge in [0.15, 0.2) is 0 Å². The Hall–Kier alpha value is -2.97. The van der Waals surface area contributed by atoms with Gasteiger partial charge in [-0.05, 0) is 37.7 Å². The molecular formula is C31H40N2O6. The van der Waals surface area contributed by atoms with Gasteiger partial charge in [-0.3, -0.25) is 14.4 Å². The first kappa shape index (κ1) is 27.6. The van der Waals surface area contributed by atoms with Crippen LogP contribution < -0.4 is 0 Å². The molecule has 39 heavy (non-hydrogen) atoms. The molecule has 4 heterocycles. The van der Waals surface area contributed by atoms with Crippen LogP contribution in [0.25, 0.3) is 0 Å². The van der Waals surface area contributed by atoms with E-state index in [-0.39, 0.29) is 30.4 Å². The highest BCUT2D eigenvalue weighted by Crippen LogP contribution is 2.55. The number of benzene rings is 1. The fourth-order valence-corrected chi connectivity index (χ4v) is 7.35. The van der Waals surface area contributed by atoms with Gasteiger partial charge in [-0.25, -0.2) is 0 Å². The molecule has 210 valence electrons. The van der Waals surface area contributed by atoms with Gasteiger partial charge in [0.25, 0.3) is 0 Å². The third-order valence-electron chi connectivity index (χ3n) is 8.45. The highest BCUT2D eigenvalue weighted by molar-refractivity contribution is 5.99. The molecule has 1 unspecified atom stereocenters. The summed E-state index contributed by atoms with van der Waals surface area (Å²) in [6.45, 7) is 10.7. The van der Waals surface area contributed by atoms with E-state index in [0.717, 1.165) is 6.42 Å². The van der Waals surface area contributed by atoms with Crippen molar-refractivity contribution >= 4 is 17.8 Å². The van der Waals surface area contributed by atoms with Crippen LogP contribution in [0.3, 0.4) is 0 Å². The zero-order valence-corrected chi connectivity index (χ0v) is 23.5. The maximum Gasteiger partial charge on any atom is 0.312 e. The third-order valence-corrected chi connectivity index (χ3v) is 8.45. The number of aliphatic hydroxyl groups is 1. The number of cyclic esters (lactones) is 1. The van der Waals surface area contributed by atoms with E-state index >= 15 is 0 Å². The largest absolute Gasteiger partial charge is 0.465 e. The molecule has 4 aliphatic rings. The minimum absolute atomic E-state index is 0.0489. The minimum Gasteiger partial charge on any atom is -0.465 e. The van der Waals surface area contributed by atoms with Crippen LogP contribution in [0.1, 0.15) is 59.1 Å². The number of hydrogen-bond acceptors (Lipinski definition) is 6. The molecule has 1 aromatic rings. The van der Waals surface area contributed by atoms with Crippen LogP contribution in [0.4, 0.5) is 0 Å². The average molecular weight is 537 g/mol. The highest BCUT2D eigenvalue weighted by Gasteiger charge is 2.73. The Kier molecular flexibility index (Phi) is 7.00. The van der Waals surface area contributed by atoms with Crippen molar-refractivity contribution in [1.29, 1.82) is 0 Å². The fourth-order valence-electron chi connectivity index (χ4n) is 7.35. The molecule has 2 amide bonds. The van der Waals surface area contributed by atoms with Gasteiger partial charge in [0.1, 0.15) is 17.6 Å². The number of likely N-dealkylation sites (tertiary alicyclic amines) is 1. The number of amides is 2. The van der Waals surface area contributed by atoms with Gasteiger partial charge in [-0.15, -0.1) is 0 Å². The third kappa shape index (κ3) is 4.61. The molecule has 8 heteroatoms. The van der Waals surface area contributed by atoms with Crippen LogP contribution >= 0.6 is 0 Å². The summed E-state index contributed by atoms with van der Waals surface area (Å²) >= 11 is 0. The number of hydrogen-bond donors (Lipinski definition) is 1. The molecule has 2 saturated heterocycles. The Morgan fingerprint density at radius 1 is 1.05 bits per heavy atom. The molecule has 6 atom stereocenters. The number of carbonyl (C=O) groups is 3. The molecular weight excluding hydrogens is 496 g/mol. The van der Waals surface area contributed by atoms with Crippen molar-refractivity contribution in [2.45, 2.75) is 76.8 Å². The second-order valence-corrected chi connectivity index (χ2v) is 13.0. The Bertz CT molecular complexity index is 1190. The van der Waals surface area contributed by atoms with Gasteiger partial charge in [0.2, 0.25) is 11.8 Å². The second kappa shape index (κ2) is 9.89. The maximum atomic E-state index is 14.7. The number of fused-ring (bicyclic) bond motifs is 2. The molecule has 0 bridgehead atoms. The monoisotopic (exact) mass is 536 g/mol. The zero-order chi connectivity index (χ0) is 28.2. The lowest BCUT2D eigenvalue weighted by molar-refractivity contribution is -0.158. The average Bonchev–Trinajstić information content (AvgIpc) is 3.22. The lowest BCUT2D eigenvalue weighted by atomic mass is 9.77. The predicted octanol–water partition coefficient (Wildman–Crippen LogP) is 3.42. The van der Waals surface area contributed by atoms with Crippen molar-refractivity contribution in [2.24, 2.45) is 17.3 Å². The van der Waals surface area contributed by atoms with Gasteiger partial charge in [0.05, 0.1) is 31.3 Å². The first-order valence-electron chi connectivity index (χ1n) is 13.9. The summed E-state index contributed by atoms with van der Waals surface area (Å²) < 4.78 is 12.2. The molecule has 8 nitrogen and oxygen atoms in total. The number of carbonyl (C=O) groups excluding carboxylic acids is 3. The van der Waals surface area contributed by atoms with Gasteiger partial charge in [-0.2, -0.15) is 0 Å². The Morgan fingerprint density at radius 3 is 2.44 bits per heavy atom. The van der Waals surface area contributed by atoms with E-state index in [0.29, 0.717) is 18.5 Å². The molecule has 0 saturated carbocycles. The van der Waals surface area contributed by atoms with Crippen molar-refractivity contribution in [3.63, 3.8) is 0 Å². The number of ether oxygens (including phenoxy) is 2. The van der Waals surface area contributed by atoms with E-state index in [4.69, 9.17) is 9.47 Å². The van der Waals surface area contributed by atoms with Crippen LogP contribution in [0.2, 0.25) is 0 Å². The summed E-state index contributed by atoms with van der Waals surface area (Å²) in [5.74, 6) is -2.95. The molecule has 0 aliphatic carbocycles. The number of rotatable bonds is 5. The molecule has 1 spiro atoms. The van der Waals surface area contributed by atoms with Gasteiger partial charge >= 0.3 is 5.97 Å². The Balaban J connectivity index is 1.67. The van der Waals surface area contributed by atoms with E-state index in [9.17, 15) is 19.5 Å². The normalized spacial score (nSPS) is 31.7. The highest BCUT2D eigenvalue weighted by atomic mass is 16.6. The van der Waals surface area contributed by atoms with Crippen LogP contribution in [-0.4, -0.2) is 75.7 Å². The smallest absolute Gasteiger partial charge is 0.312 e. The maximum absolute atomic E-state index is 14.7. The van der Waals surface area contributed by atoms with Crippen molar-refractivity contribution in [1.82, 2.24) is 9.80 Å². The number of nitrogens with zero attached hydrogens (tertiary/aromatic N) is 2. The lowest BCUT2D eigenvalue weighted by Crippen LogP contribution is -2.60. The van der Waals surface area contributed by atoms with E-state index in [1.807, 2.05) is 73.4 Å². The summed E-state index contributed by atoms with van der Waals surface area (Å²) in [5.41, 5.74) is -1.24. The molecule has 4 aliphatic heterocycles. The second-order valence-electron chi connectivity index (χ2n) is 13.0. The Labute approximate surface area is 230 Å². The first-order valence-corrected chi connectivity index (χ1v) is 13.9. The fraction of sp³-hybridized carbons (Fsp3) is 0.581. The minimum atomic E-state index is -1.37. The molecule has 5 rings (SSSR count). The van der Waals surface area contributed by atoms with E-state index in [2.05, 4.69) is 20.8 Å². The summed E-state index contributed by atoms with van der Waals surface area (Å²) in [5, 5.41) is 10.6. The van der Waals surface area contributed by atoms with Crippen LogP contribution in [0, 0.1) is 17.3 Å². The molecule has 0 aromatic heterocycles. The summed E-state index contributed by atoms with van der Waals surface area (Å²) in [7, 11) is 0. The quantitative estimate of drug-likeness (QED) is 0.458.